The normalized spacial score (nSPS) is 13.4. The lowest BCUT2D eigenvalue weighted by molar-refractivity contribution is 0.494. The van der Waals surface area contributed by atoms with Crippen LogP contribution in [-0.4, -0.2) is 11.3 Å². The smallest absolute Gasteiger partial charge is 0.256 e. The highest BCUT2D eigenvalue weighted by atomic mass is 32.1. The van der Waals surface area contributed by atoms with E-state index in [1.54, 1.807) is 0 Å². The van der Waals surface area contributed by atoms with Gasteiger partial charge in [-0.2, -0.15) is 0 Å². The molecule has 13 aromatic rings. The third kappa shape index (κ3) is 6.10. The summed E-state index contributed by atoms with van der Waals surface area (Å²) < 4.78 is 46.8. The predicted octanol–water partition coefficient (Wildman–Crippen LogP) is 16.2. The summed E-state index contributed by atoms with van der Waals surface area (Å²) in [5, 5.41) is 3.62. The molecule has 330 valence electrons. The van der Waals surface area contributed by atoms with Crippen molar-refractivity contribution in [3.05, 3.63) is 249 Å². The van der Waals surface area contributed by atoms with Crippen molar-refractivity contribution < 1.29 is 10.2 Å². The van der Waals surface area contributed by atoms with E-state index in [1.165, 1.54) is 22.1 Å². The van der Waals surface area contributed by atoms with Crippen molar-refractivity contribution in [2.75, 3.05) is 4.90 Å². The summed E-state index contributed by atoms with van der Waals surface area (Å²) >= 11 is 1.38. The molecule has 71 heavy (non-hydrogen) atoms. The van der Waals surface area contributed by atoms with E-state index in [1.807, 2.05) is 6.07 Å². The molecular weight excluding hydrogens is 880 g/mol. The zero-order valence-electron chi connectivity index (χ0n) is 42.2. The molecule has 0 spiro atoms. The van der Waals surface area contributed by atoms with E-state index in [-0.39, 0.29) is 30.9 Å². The first-order valence-electron chi connectivity index (χ1n) is 26.0. The minimum atomic E-state index is -0.340. The molecule has 0 atom stereocenters. The van der Waals surface area contributed by atoms with E-state index in [9.17, 15) is 0 Å². The molecule has 0 radical (unpaired) electrons. The van der Waals surface area contributed by atoms with Gasteiger partial charge in [-0.25, -0.2) is 0 Å². The summed E-state index contributed by atoms with van der Waals surface area (Å²) in [5.74, 6) is 1.39. The van der Waals surface area contributed by atoms with Gasteiger partial charge in [-0.15, -0.1) is 11.3 Å². The Labute approximate surface area is 421 Å². The molecule has 0 amide bonds. The Morgan fingerprint density at radius 1 is 0.423 bits per heavy atom. The van der Waals surface area contributed by atoms with Crippen LogP contribution in [0.1, 0.15) is 5.48 Å². The lowest BCUT2D eigenvalue weighted by Gasteiger charge is -2.42. The van der Waals surface area contributed by atoms with Crippen molar-refractivity contribution in [3.63, 3.8) is 0 Å². The predicted molar refractivity (Wildman–Crippen MR) is 301 cm³/mol. The standard InChI is InChI=1S/C66H41BN2OS/c1-5-20-42(21-6-1)46-38-60-63-61(39-46)70-65-54(37-36-52-51-30-15-18-35-62(51)71-66(52)65)67(63)55-40-53(45-26-11-4-12-27-45)58(68-56-33-16-13-28-49(56)50-29-14-17-34-57(50)68)41-59(55)69(60)64-47(43-22-7-2-8-23-43)31-19-32-48(64)44-24-9-3-10-25-44/h1-41H/i15D,18D,30D,35D. The summed E-state index contributed by atoms with van der Waals surface area (Å²) in [7, 11) is 0. The number of ether oxygens (including phenoxy) is 1. The Morgan fingerprint density at radius 3 is 1.65 bits per heavy atom. The van der Waals surface area contributed by atoms with Gasteiger partial charge in [0.25, 0.3) is 6.71 Å². The number of benzene rings is 11. The molecule has 2 aromatic heterocycles. The Hall–Kier alpha value is -8.90. The van der Waals surface area contributed by atoms with Crippen LogP contribution in [0.2, 0.25) is 0 Å². The summed E-state index contributed by atoms with van der Waals surface area (Å²) in [6, 6.07) is 79.7. The zero-order chi connectivity index (χ0) is 50.1. The summed E-state index contributed by atoms with van der Waals surface area (Å²) in [5.41, 5.74) is 17.9. The molecule has 4 heterocycles. The van der Waals surface area contributed by atoms with Crippen LogP contribution in [0.4, 0.5) is 17.1 Å². The largest absolute Gasteiger partial charge is 0.457 e. The summed E-state index contributed by atoms with van der Waals surface area (Å²) in [6.07, 6.45) is 0. The first kappa shape index (κ1) is 36.1. The van der Waals surface area contributed by atoms with Crippen LogP contribution in [0, 0.1) is 0 Å². The molecule has 0 bridgehead atoms. The SMILES string of the molecule is [2H]c1c([2H])c([2H])c2c(sc3c4c(ccc32)B2c3cc(-c5ccccc5)c(-n5c6ccccc6c6ccccc65)cc3N(c3c(-c5ccccc5)cccc3-c3ccccc3)c3cc(-c5ccccc5)cc(c32)O4)c1[2H]. The fourth-order valence-corrected chi connectivity index (χ4v) is 12.6. The van der Waals surface area contributed by atoms with Gasteiger partial charge in [0.15, 0.2) is 0 Å². The lowest BCUT2D eigenvalue weighted by Crippen LogP contribution is -2.59. The van der Waals surface area contributed by atoms with Gasteiger partial charge in [-0.1, -0.05) is 212 Å². The maximum absolute atomic E-state index is 9.13. The van der Waals surface area contributed by atoms with Crippen molar-refractivity contribution in [2.24, 2.45) is 0 Å². The number of hydrogen-bond donors (Lipinski definition) is 0. The maximum atomic E-state index is 9.13. The Bertz CT molecular complexity index is 4390. The minimum Gasteiger partial charge on any atom is -0.457 e. The van der Waals surface area contributed by atoms with Crippen LogP contribution in [0.15, 0.2) is 249 Å². The van der Waals surface area contributed by atoms with E-state index in [0.29, 0.717) is 15.8 Å². The highest BCUT2D eigenvalue weighted by molar-refractivity contribution is 7.26. The van der Waals surface area contributed by atoms with Gasteiger partial charge in [0, 0.05) is 54.3 Å². The third-order valence-electron chi connectivity index (χ3n) is 14.6. The quantitative estimate of drug-likeness (QED) is 0.155. The maximum Gasteiger partial charge on any atom is 0.256 e. The number of rotatable bonds is 6. The van der Waals surface area contributed by atoms with Crippen molar-refractivity contribution in [3.8, 4) is 61.7 Å². The summed E-state index contributed by atoms with van der Waals surface area (Å²) in [4.78, 5) is 2.52. The second-order valence-electron chi connectivity index (χ2n) is 18.4. The number of fused-ring (bicyclic) bond motifs is 11. The summed E-state index contributed by atoms with van der Waals surface area (Å²) in [6.45, 7) is -0.340. The average molecular weight is 925 g/mol. The molecule has 0 fully saturated rings. The first-order chi connectivity index (χ1) is 36.9. The van der Waals surface area contributed by atoms with Crippen molar-refractivity contribution in [1.82, 2.24) is 4.57 Å². The number of hydrogen-bond acceptors (Lipinski definition) is 3. The monoisotopic (exact) mass is 924 g/mol. The fraction of sp³-hybridized carbons (Fsp3) is 0. The molecule has 0 saturated carbocycles. The Kier molecular flexibility index (Phi) is 8.05. The van der Waals surface area contributed by atoms with Gasteiger partial charge in [-0.05, 0) is 80.6 Å². The zero-order valence-corrected chi connectivity index (χ0v) is 39.0. The molecule has 3 nitrogen and oxygen atoms in total. The van der Waals surface area contributed by atoms with Gasteiger partial charge >= 0.3 is 0 Å². The number of anilines is 3. The van der Waals surface area contributed by atoms with Crippen LogP contribution < -0.4 is 26.0 Å². The van der Waals surface area contributed by atoms with E-state index in [4.69, 9.17) is 10.2 Å². The van der Waals surface area contributed by atoms with Gasteiger partial charge in [-0.3, -0.25) is 0 Å². The second kappa shape index (κ2) is 15.8. The number of nitrogens with zero attached hydrogens (tertiary/aromatic N) is 2. The van der Waals surface area contributed by atoms with Crippen molar-refractivity contribution >= 4 is 93.5 Å². The number of thiophene rings is 1. The van der Waals surface area contributed by atoms with Crippen LogP contribution in [0.5, 0.6) is 11.5 Å². The molecule has 5 heteroatoms. The second-order valence-corrected chi connectivity index (χ2v) is 19.4. The van der Waals surface area contributed by atoms with E-state index < -0.39 is 0 Å². The van der Waals surface area contributed by atoms with E-state index in [2.05, 4.69) is 228 Å². The van der Waals surface area contributed by atoms with E-state index >= 15 is 0 Å². The molecule has 0 unspecified atom stereocenters. The van der Waals surface area contributed by atoms with Crippen LogP contribution in [0.3, 0.4) is 0 Å². The Morgan fingerprint density at radius 2 is 1.00 bits per heavy atom. The van der Waals surface area contributed by atoms with E-state index in [0.717, 1.165) is 111 Å². The van der Waals surface area contributed by atoms with Gasteiger partial charge in [0.1, 0.15) is 11.5 Å². The molecule has 0 aliphatic carbocycles. The average Bonchev–Trinajstić information content (AvgIpc) is 4.13. The number of para-hydroxylation sites is 3. The highest BCUT2D eigenvalue weighted by Crippen LogP contribution is 2.52. The molecular formula is C66H41BN2OS. The van der Waals surface area contributed by atoms with Gasteiger partial charge < -0.3 is 14.2 Å². The third-order valence-corrected chi connectivity index (χ3v) is 15.7. The molecule has 15 rings (SSSR count). The highest BCUT2D eigenvalue weighted by Gasteiger charge is 2.44. The molecule has 0 saturated heterocycles. The first-order valence-corrected chi connectivity index (χ1v) is 24.9. The molecule has 2 aliphatic rings. The van der Waals surface area contributed by atoms with Gasteiger partial charge in [0.05, 0.1) is 32.6 Å². The Balaban J connectivity index is 1.13. The fourth-order valence-electron chi connectivity index (χ4n) is 11.5. The van der Waals surface area contributed by atoms with Crippen molar-refractivity contribution in [2.45, 2.75) is 0 Å². The minimum absolute atomic E-state index is 0.0409. The molecule has 2 aliphatic heterocycles. The number of aromatic nitrogens is 1. The molecule has 11 aromatic carbocycles. The van der Waals surface area contributed by atoms with Crippen molar-refractivity contribution in [1.29, 1.82) is 0 Å². The van der Waals surface area contributed by atoms with Gasteiger partial charge in [0.2, 0.25) is 0 Å². The van der Waals surface area contributed by atoms with Crippen LogP contribution in [0.25, 0.3) is 92.2 Å². The molecule has 0 N–H and O–H groups in total. The van der Waals surface area contributed by atoms with Crippen LogP contribution in [-0.2, 0) is 0 Å². The van der Waals surface area contributed by atoms with Crippen LogP contribution >= 0.6 is 11.3 Å². The topological polar surface area (TPSA) is 17.4 Å². The lowest BCUT2D eigenvalue weighted by atomic mass is 9.34.